The van der Waals surface area contributed by atoms with Gasteiger partial charge in [-0.15, -0.1) is 0 Å². The van der Waals surface area contributed by atoms with E-state index in [4.69, 9.17) is 4.74 Å². The molecule has 164 valence electrons. The van der Waals surface area contributed by atoms with E-state index in [2.05, 4.69) is 70.6 Å². The minimum absolute atomic E-state index is 0.0358. The number of aromatic nitrogens is 2. The van der Waals surface area contributed by atoms with Crippen molar-refractivity contribution in [2.45, 2.75) is 45.3 Å². The van der Waals surface area contributed by atoms with Crippen LogP contribution in [-0.4, -0.2) is 41.8 Å². The van der Waals surface area contributed by atoms with E-state index in [0.717, 1.165) is 13.0 Å². The van der Waals surface area contributed by atoms with Gasteiger partial charge in [-0.25, -0.2) is 0 Å². The molecule has 0 saturated heterocycles. The molecule has 6 heteroatoms. The number of rotatable bonds is 8. The lowest BCUT2D eigenvalue weighted by Crippen LogP contribution is -2.47. The van der Waals surface area contributed by atoms with Crippen molar-refractivity contribution in [3.05, 3.63) is 65.6 Å². The Morgan fingerprint density at radius 2 is 2.10 bits per heavy atom. The average molecular weight is 421 g/mol. The van der Waals surface area contributed by atoms with E-state index >= 15 is 0 Å². The highest BCUT2D eigenvalue weighted by Gasteiger charge is 2.30. The predicted octanol–water partition coefficient (Wildman–Crippen LogP) is 3.45. The van der Waals surface area contributed by atoms with Gasteiger partial charge in [0.05, 0.1) is 12.6 Å². The summed E-state index contributed by atoms with van der Waals surface area (Å²) >= 11 is 0. The van der Waals surface area contributed by atoms with Crippen molar-refractivity contribution in [1.82, 2.24) is 20.2 Å². The maximum Gasteiger partial charge on any atom is 0.237 e. The second-order valence-electron chi connectivity index (χ2n) is 8.77. The van der Waals surface area contributed by atoms with Gasteiger partial charge in [-0.05, 0) is 53.6 Å². The molecule has 0 aliphatic carbocycles. The molecule has 0 saturated carbocycles. The zero-order chi connectivity index (χ0) is 21.8. The monoisotopic (exact) mass is 420 g/mol. The fourth-order valence-corrected chi connectivity index (χ4v) is 4.58. The fraction of sp³-hybridized carbons (Fsp3) is 0.440. The Morgan fingerprint density at radius 1 is 1.29 bits per heavy atom. The van der Waals surface area contributed by atoms with Gasteiger partial charge in [0.2, 0.25) is 5.91 Å². The first-order chi connectivity index (χ1) is 15.1. The summed E-state index contributed by atoms with van der Waals surface area (Å²) in [5, 5.41) is 7.98. The van der Waals surface area contributed by atoms with Crippen molar-refractivity contribution in [3.63, 3.8) is 0 Å². The van der Waals surface area contributed by atoms with E-state index in [1.165, 1.54) is 27.6 Å². The number of amides is 1. The molecule has 1 aliphatic heterocycles. The third-order valence-corrected chi connectivity index (χ3v) is 5.95. The van der Waals surface area contributed by atoms with Crippen LogP contribution in [0.15, 0.2) is 48.9 Å². The minimum atomic E-state index is -0.270. The topological polar surface area (TPSA) is 68.2 Å². The zero-order valence-corrected chi connectivity index (χ0v) is 18.6. The Hall–Kier alpha value is -2.70. The smallest absolute Gasteiger partial charge is 0.237 e. The molecule has 3 heterocycles. The van der Waals surface area contributed by atoms with Gasteiger partial charge in [0.1, 0.15) is 0 Å². The first kappa shape index (κ1) is 21.5. The molecule has 0 unspecified atom stereocenters. The number of nitrogens with zero attached hydrogens (tertiary/aromatic N) is 2. The van der Waals surface area contributed by atoms with E-state index in [0.29, 0.717) is 25.5 Å². The van der Waals surface area contributed by atoms with Crippen LogP contribution < -0.4 is 10.6 Å². The molecule has 1 amide bonds. The summed E-state index contributed by atoms with van der Waals surface area (Å²) in [4.78, 5) is 17.1. The molecule has 2 atom stereocenters. The second kappa shape index (κ2) is 9.62. The molecule has 0 spiro atoms. The third-order valence-electron chi connectivity index (χ3n) is 5.95. The largest absolute Gasteiger partial charge is 0.383 e. The number of nitrogens with one attached hydrogen (secondary N) is 2. The van der Waals surface area contributed by atoms with Crippen molar-refractivity contribution in [1.29, 1.82) is 0 Å². The third kappa shape index (κ3) is 4.81. The Kier molecular flexibility index (Phi) is 6.68. The number of methoxy groups -OCH3 is 1. The second-order valence-corrected chi connectivity index (χ2v) is 8.77. The van der Waals surface area contributed by atoms with Gasteiger partial charge in [0.25, 0.3) is 0 Å². The summed E-state index contributed by atoms with van der Waals surface area (Å²) in [5.74, 6) is 0.555. The van der Waals surface area contributed by atoms with Gasteiger partial charge in [-0.2, -0.15) is 0 Å². The summed E-state index contributed by atoms with van der Waals surface area (Å²) in [6.45, 7) is 6.29. The zero-order valence-electron chi connectivity index (χ0n) is 18.6. The molecule has 0 bridgehead atoms. The van der Waals surface area contributed by atoms with E-state index in [9.17, 15) is 4.79 Å². The maximum absolute atomic E-state index is 13.0. The molecular weight excluding hydrogens is 388 g/mol. The molecule has 1 aliphatic rings. The summed E-state index contributed by atoms with van der Waals surface area (Å²) in [7, 11) is 1.65. The Labute approximate surface area is 184 Å². The van der Waals surface area contributed by atoms with Crippen molar-refractivity contribution in [3.8, 4) is 0 Å². The lowest BCUT2D eigenvalue weighted by Gasteiger charge is -2.25. The van der Waals surface area contributed by atoms with E-state index in [-0.39, 0.29) is 18.0 Å². The SMILES string of the molecule is COCCNC(=O)[C@@H]1Cc2cn(Cc3ccncc3)c3cccc(c23)[C@H](CC(C)C)N1. The lowest BCUT2D eigenvalue weighted by molar-refractivity contribution is -0.123. The number of benzene rings is 1. The number of ether oxygens (including phenoxy) is 1. The summed E-state index contributed by atoms with van der Waals surface area (Å²) in [5.41, 5.74) is 4.96. The normalized spacial score (nSPS) is 18.3. The van der Waals surface area contributed by atoms with Crippen molar-refractivity contribution in [2.75, 3.05) is 20.3 Å². The molecule has 2 aromatic heterocycles. The number of carbonyl (C=O) groups excluding carboxylic acids is 1. The standard InChI is InChI=1S/C25H32N4O2/c1-17(2)13-21-20-5-4-6-23-24(20)19(14-22(28-21)25(30)27-11-12-31-3)16-29(23)15-18-7-9-26-10-8-18/h4-10,16-17,21-22,28H,11-15H2,1-3H3,(H,27,30)/t21-,22-/m0/s1. The van der Waals surface area contributed by atoms with Crippen LogP contribution in [0.4, 0.5) is 0 Å². The van der Waals surface area contributed by atoms with Crippen molar-refractivity contribution >= 4 is 16.8 Å². The highest BCUT2D eigenvalue weighted by molar-refractivity contribution is 5.90. The minimum Gasteiger partial charge on any atom is -0.383 e. The number of hydrogen-bond acceptors (Lipinski definition) is 4. The van der Waals surface area contributed by atoms with Crippen LogP contribution in [0, 0.1) is 5.92 Å². The Morgan fingerprint density at radius 3 is 2.84 bits per heavy atom. The van der Waals surface area contributed by atoms with Gasteiger partial charge in [0.15, 0.2) is 0 Å². The van der Waals surface area contributed by atoms with E-state index in [1.54, 1.807) is 7.11 Å². The molecule has 4 rings (SSSR count). The molecule has 1 aromatic carbocycles. The quantitative estimate of drug-likeness (QED) is 0.548. The molecule has 0 fully saturated rings. The molecule has 3 aromatic rings. The highest BCUT2D eigenvalue weighted by atomic mass is 16.5. The van der Waals surface area contributed by atoms with Gasteiger partial charge in [-0.1, -0.05) is 26.0 Å². The molecule has 0 radical (unpaired) electrons. The predicted molar refractivity (Wildman–Crippen MR) is 123 cm³/mol. The number of carbonyl (C=O) groups is 1. The fourth-order valence-electron chi connectivity index (χ4n) is 4.58. The van der Waals surface area contributed by atoms with Gasteiger partial charge < -0.3 is 14.6 Å². The maximum atomic E-state index is 13.0. The summed E-state index contributed by atoms with van der Waals surface area (Å²) < 4.78 is 7.40. The first-order valence-corrected chi connectivity index (χ1v) is 11.1. The van der Waals surface area contributed by atoms with Crippen molar-refractivity contribution in [2.24, 2.45) is 5.92 Å². The van der Waals surface area contributed by atoms with Crippen molar-refractivity contribution < 1.29 is 9.53 Å². The Bertz CT molecular complexity index is 1030. The molecule has 2 N–H and O–H groups in total. The van der Waals surface area contributed by atoms with E-state index in [1.807, 2.05) is 12.4 Å². The van der Waals surface area contributed by atoms with E-state index < -0.39 is 0 Å². The summed E-state index contributed by atoms with van der Waals surface area (Å²) in [6, 6.07) is 10.5. The van der Waals surface area contributed by atoms with Gasteiger partial charge in [-0.3, -0.25) is 15.1 Å². The number of pyridine rings is 1. The highest BCUT2D eigenvalue weighted by Crippen LogP contribution is 2.36. The average Bonchev–Trinajstić information content (AvgIpc) is 3.02. The van der Waals surface area contributed by atoms with Gasteiger partial charge >= 0.3 is 0 Å². The molecule has 6 nitrogen and oxygen atoms in total. The van der Waals surface area contributed by atoms with Gasteiger partial charge in [0, 0.05) is 55.7 Å². The number of hydrogen-bond donors (Lipinski definition) is 2. The Balaban J connectivity index is 1.72. The molecule has 31 heavy (non-hydrogen) atoms. The van der Waals surface area contributed by atoms with Crippen LogP contribution in [0.25, 0.3) is 10.9 Å². The lowest BCUT2D eigenvalue weighted by atomic mass is 9.94. The van der Waals surface area contributed by atoms with Crippen LogP contribution in [-0.2, 0) is 22.5 Å². The van der Waals surface area contributed by atoms with Crippen LogP contribution in [0.1, 0.15) is 43.0 Å². The first-order valence-electron chi connectivity index (χ1n) is 11.1. The van der Waals surface area contributed by atoms with Crippen LogP contribution in [0.2, 0.25) is 0 Å². The van der Waals surface area contributed by atoms with Crippen LogP contribution in [0.5, 0.6) is 0 Å². The van der Waals surface area contributed by atoms with Crippen LogP contribution in [0.3, 0.4) is 0 Å². The van der Waals surface area contributed by atoms with Crippen LogP contribution >= 0.6 is 0 Å². The summed E-state index contributed by atoms with van der Waals surface area (Å²) in [6.07, 6.45) is 7.54. The molecular formula is C25H32N4O2.